The first-order valence-electron chi connectivity index (χ1n) is 10.6. The van der Waals surface area contributed by atoms with Gasteiger partial charge in [-0.1, -0.05) is 0 Å². The average molecular weight is 447 g/mol. The van der Waals surface area contributed by atoms with Crippen LogP contribution >= 0.6 is 0 Å². The van der Waals surface area contributed by atoms with E-state index in [0.29, 0.717) is 0 Å². The van der Waals surface area contributed by atoms with Gasteiger partial charge in [0.2, 0.25) is 0 Å². The van der Waals surface area contributed by atoms with Crippen molar-refractivity contribution in [2.75, 3.05) is 6.61 Å². The second kappa shape index (κ2) is 15.7. The molecule has 0 aliphatic carbocycles. The van der Waals surface area contributed by atoms with Gasteiger partial charge in [-0.3, -0.25) is 0 Å². The Morgan fingerprint density at radius 2 is 1.25 bits per heavy atom. The molecule has 0 aliphatic heterocycles. The van der Waals surface area contributed by atoms with E-state index < -0.39 is 18.4 Å². The number of aliphatic hydroxyl groups is 2. The van der Waals surface area contributed by atoms with Crippen molar-refractivity contribution in [2.24, 2.45) is 0 Å². The van der Waals surface area contributed by atoms with Crippen LogP contribution in [0.2, 0.25) is 13.3 Å². The van der Waals surface area contributed by atoms with Crippen LogP contribution in [0.4, 0.5) is 0 Å². The molecule has 144 valence electrons. The molecule has 0 saturated carbocycles. The zero-order chi connectivity index (χ0) is 18.3. The van der Waals surface area contributed by atoms with Crippen LogP contribution in [0.3, 0.4) is 0 Å². The van der Waals surface area contributed by atoms with Gasteiger partial charge in [-0.25, -0.2) is 0 Å². The molecule has 0 aliphatic rings. The fourth-order valence-corrected chi connectivity index (χ4v) is 19.9. The van der Waals surface area contributed by atoms with Crippen molar-refractivity contribution >= 4 is 18.4 Å². The Labute approximate surface area is 156 Å². The second-order valence-electron chi connectivity index (χ2n) is 7.50. The third kappa shape index (κ3) is 9.82. The molecule has 3 heteroatoms. The van der Waals surface area contributed by atoms with E-state index in [4.69, 9.17) is 0 Å². The summed E-state index contributed by atoms with van der Waals surface area (Å²) >= 11 is -2.54. The van der Waals surface area contributed by atoms with Crippen LogP contribution in [0.5, 0.6) is 0 Å². The van der Waals surface area contributed by atoms with E-state index >= 15 is 0 Å². The summed E-state index contributed by atoms with van der Waals surface area (Å²) in [4.78, 5) is 0. The van der Waals surface area contributed by atoms with Crippen LogP contribution in [0.15, 0.2) is 9.67 Å². The van der Waals surface area contributed by atoms with E-state index in [1.54, 1.807) is 0 Å². The number of rotatable bonds is 16. The summed E-state index contributed by atoms with van der Waals surface area (Å²) in [5.41, 5.74) is 0. The van der Waals surface area contributed by atoms with Crippen LogP contribution in [0.1, 0.15) is 91.9 Å². The van der Waals surface area contributed by atoms with Crippen molar-refractivity contribution in [1.29, 1.82) is 0 Å². The zero-order valence-corrected chi connectivity index (χ0v) is 19.8. The average Bonchev–Trinajstić information content (AvgIpc) is 2.60. The Balaban J connectivity index is 5.29. The summed E-state index contributed by atoms with van der Waals surface area (Å²) in [5, 5.41) is 20.6. The molecule has 2 N–H and O–H groups in total. The van der Waals surface area contributed by atoms with Gasteiger partial charge in [-0.05, 0) is 0 Å². The molecule has 0 bridgehead atoms. The number of hydrogen-bond donors (Lipinski definition) is 2. The first-order chi connectivity index (χ1) is 11.6. The quantitative estimate of drug-likeness (QED) is 0.217. The normalized spacial score (nSPS) is 14.2. The molecule has 0 aromatic rings. The first-order valence-corrected chi connectivity index (χ1v) is 18.1. The van der Waals surface area contributed by atoms with Gasteiger partial charge in [-0.2, -0.15) is 0 Å². The molecule has 0 saturated heterocycles. The Morgan fingerprint density at radius 1 is 0.792 bits per heavy atom. The minimum atomic E-state index is -2.54. The summed E-state index contributed by atoms with van der Waals surface area (Å²) in [6.45, 7) is 9.22. The van der Waals surface area contributed by atoms with Gasteiger partial charge in [0.1, 0.15) is 0 Å². The van der Waals surface area contributed by atoms with E-state index in [2.05, 4.69) is 33.8 Å². The SMILES string of the molecule is CCCCCC(O)/C=[C](\CO)[Sn]([CH2]CCC)([CH2]CCC)[CH2]CCC. The van der Waals surface area contributed by atoms with Crippen molar-refractivity contribution < 1.29 is 10.2 Å². The standard InChI is InChI=1S/C9H17O2.3C4H9.Sn/c1-2-3-4-6-9(11)7-5-8-10;3*1-3-4-2;/h7,9-11H,2-4,6,8H2,1H3;3*1,3-4H2,2H3;. The molecule has 0 aromatic heterocycles. The molecule has 24 heavy (non-hydrogen) atoms. The Kier molecular flexibility index (Phi) is 16.0. The molecule has 0 spiro atoms. The van der Waals surface area contributed by atoms with E-state index in [0.717, 1.165) is 12.8 Å². The Bertz CT molecular complexity index is 293. The van der Waals surface area contributed by atoms with E-state index in [9.17, 15) is 10.2 Å². The molecule has 2 nitrogen and oxygen atoms in total. The van der Waals surface area contributed by atoms with Crippen molar-refractivity contribution in [2.45, 2.75) is 111 Å². The Morgan fingerprint density at radius 3 is 1.62 bits per heavy atom. The van der Waals surface area contributed by atoms with Gasteiger partial charge < -0.3 is 0 Å². The first kappa shape index (κ1) is 24.5. The van der Waals surface area contributed by atoms with Crippen molar-refractivity contribution in [3.63, 3.8) is 0 Å². The third-order valence-corrected chi connectivity index (χ3v) is 21.4. The van der Waals surface area contributed by atoms with Crippen LogP contribution in [0.25, 0.3) is 0 Å². The summed E-state index contributed by atoms with van der Waals surface area (Å²) < 4.78 is 5.40. The van der Waals surface area contributed by atoms with Crippen molar-refractivity contribution in [1.82, 2.24) is 0 Å². The van der Waals surface area contributed by atoms with E-state index in [1.807, 2.05) is 0 Å². The maximum atomic E-state index is 10.5. The molecule has 0 fully saturated rings. The topological polar surface area (TPSA) is 40.5 Å². The predicted octanol–water partition coefficient (Wildman–Crippen LogP) is 6.23. The molecule has 0 radical (unpaired) electrons. The van der Waals surface area contributed by atoms with Crippen LogP contribution in [-0.2, 0) is 0 Å². The van der Waals surface area contributed by atoms with Gasteiger partial charge in [0, 0.05) is 0 Å². The fourth-order valence-electron chi connectivity index (χ4n) is 3.72. The molecule has 0 aromatic carbocycles. The molecular weight excluding hydrogens is 403 g/mol. The van der Waals surface area contributed by atoms with Gasteiger partial charge in [-0.15, -0.1) is 0 Å². The zero-order valence-electron chi connectivity index (χ0n) is 16.9. The predicted molar refractivity (Wildman–Crippen MR) is 110 cm³/mol. The maximum absolute atomic E-state index is 10.5. The van der Waals surface area contributed by atoms with Crippen molar-refractivity contribution in [3.05, 3.63) is 9.67 Å². The number of hydrogen-bond acceptors (Lipinski definition) is 2. The minimum absolute atomic E-state index is 0.193. The summed E-state index contributed by atoms with van der Waals surface area (Å²) in [6.07, 6.45) is 13.7. The number of unbranched alkanes of at least 4 members (excludes halogenated alkanes) is 5. The molecule has 1 atom stereocenters. The second-order valence-corrected chi connectivity index (χ2v) is 20.9. The molecule has 0 rings (SSSR count). The van der Waals surface area contributed by atoms with Gasteiger partial charge in [0.25, 0.3) is 0 Å². The summed E-state index contributed by atoms with van der Waals surface area (Å²) in [6, 6.07) is 0. The summed E-state index contributed by atoms with van der Waals surface area (Å²) in [7, 11) is 0. The van der Waals surface area contributed by atoms with Crippen LogP contribution in [0, 0.1) is 0 Å². The van der Waals surface area contributed by atoms with Gasteiger partial charge >= 0.3 is 156 Å². The van der Waals surface area contributed by atoms with Gasteiger partial charge in [0.05, 0.1) is 0 Å². The van der Waals surface area contributed by atoms with Crippen LogP contribution in [-0.4, -0.2) is 41.3 Å². The monoisotopic (exact) mass is 448 g/mol. The third-order valence-electron chi connectivity index (χ3n) is 5.38. The molecule has 0 amide bonds. The molecule has 1 unspecified atom stereocenters. The molecule has 0 heterocycles. The molecular formula is C21H44O2Sn. The number of aliphatic hydroxyl groups excluding tert-OH is 2. The van der Waals surface area contributed by atoms with Crippen molar-refractivity contribution in [3.8, 4) is 0 Å². The van der Waals surface area contributed by atoms with E-state index in [1.165, 1.54) is 68.3 Å². The van der Waals surface area contributed by atoms with E-state index in [-0.39, 0.29) is 12.7 Å². The summed E-state index contributed by atoms with van der Waals surface area (Å²) in [5.74, 6) is 0. The van der Waals surface area contributed by atoms with Crippen LogP contribution < -0.4 is 0 Å². The van der Waals surface area contributed by atoms with Gasteiger partial charge in [0.15, 0.2) is 0 Å². The Hall–Kier alpha value is 0.459. The fraction of sp³-hybridized carbons (Fsp3) is 0.905.